The molecule has 4 N–H and O–H groups in total. The van der Waals surface area contributed by atoms with Crippen molar-refractivity contribution in [1.82, 2.24) is 10.3 Å². The number of nitrogens with zero attached hydrogens (tertiary/aromatic N) is 1. The number of hydrazine groups is 1. The number of nitrogens with one attached hydrogen (secondary N) is 2. The van der Waals surface area contributed by atoms with Crippen LogP contribution in [0.4, 0.5) is 5.82 Å². The van der Waals surface area contributed by atoms with Crippen molar-refractivity contribution < 1.29 is 9.53 Å². The summed E-state index contributed by atoms with van der Waals surface area (Å²) < 4.78 is 5.30. The number of hydrogen-bond acceptors (Lipinski definition) is 5. The van der Waals surface area contributed by atoms with E-state index in [0.717, 1.165) is 19.4 Å². The Morgan fingerprint density at radius 3 is 3.12 bits per heavy atom. The fraction of sp³-hybridized carbons (Fsp3) is 0.455. The number of carbonyl (C=O) groups excluding carboxylic acids is 1. The first kappa shape index (κ1) is 11.8. The average Bonchev–Trinajstić information content (AvgIpc) is 2.40. The average molecular weight is 236 g/mol. The van der Waals surface area contributed by atoms with Crippen molar-refractivity contribution in [3.8, 4) is 0 Å². The van der Waals surface area contributed by atoms with Gasteiger partial charge >= 0.3 is 0 Å². The number of hydrogen-bond donors (Lipinski definition) is 3. The van der Waals surface area contributed by atoms with Crippen LogP contribution in [0.5, 0.6) is 0 Å². The van der Waals surface area contributed by atoms with Gasteiger partial charge in [0, 0.05) is 6.61 Å². The molecule has 1 aliphatic heterocycles. The van der Waals surface area contributed by atoms with E-state index in [1.54, 1.807) is 18.2 Å². The molecule has 0 aromatic carbocycles. The Hall–Kier alpha value is -1.66. The highest BCUT2D eigenvalue weighted by molar-refractivity contribution is 5.92. The monoisotopic (exact) mass is 236 g/mol. The maximum absolute atomic E-state index is 11.9. The highest BCUT2D eigenvalue weighted by Crippen LogP contribution is 2.08. The minimum absolute atomic E-state index is 0.0764. The topological polar surface area (TPSA) is 89.3 Å². The maximum Gasteiger partial charge on any atom is 0.270 e. The lowest BCUT2D eigenvalue weighted by Gasteiger charge is -2.22. The van der Waals surface area contributed by atoms with Gasteiger partial charge < -0.3 is 15.5 Å². The molecule has 2 heterocycles. The van der Waals surface area contributed by atoms with Gasteiger partial charge in [-0.3, -0.25) is 4.79 Å². The lowest BCUT2D eigenvalue weighted by molar-refractivity contribution is 0.0622. The molecule has 0 spiro atoms. The van der Waals surface area contributed by atoms with Crippen molar-refractivity contribution in [2.75, 3.05) is 18.6 Å². The van der Waals surface area contributed by atoms with Crippen molar-refractivity contribution in [3.05, 3.63) is 23.9 Å². The van der Waals surface area contributed by atoms with Crippen LogP contribution in [-0.4, -0.2) is 30.1 Å². The van der Waals surface area contributed by atoms with Gasteiger partial charge in [0.2, 0.25) is 0 Å². The molecule has 1 unspecified atom stereocenters. The van der Waals surface area contributed by atoms with Crippen molar-refractivity contribution in [1.29, 1.82) is 0 Å². The third-order valence-electron chi connectivity index (χ3n) is 2.63. The minimum Gasteiger partial charge on any atom is -0.379 e. The van der Waals surface area contributed by atoms with Crippen LogP contribution in [0.1, 0.15) is 23.3 Å². The number of carbonyl (C=O) groups is 1. The first-order valence-electron chi connectivity index (χ1n) is 5.62. The van der Waals surface area contributed by atoms with E-state index in [4.69, 9.17) is 10.6 Å². The summed E-state index contributed by atoms with van der Waals surface area (Å²) in [6, 6.07) is 5.15. The van der Waals surface area contributed by atoms with Crippen LogP contribution in [-0.2, 0) is 4.74 Å². The van der Waals surface area contributed by atoms with Crippen LogP contribution in [0.3, 0.4) is 0 Å². The second-order valence-electron chi connectivity index (χ2n) is 3.94. The van der Waals surface area contributed by atoms with Crippen LogP contribution in [0.15, 0.2) is 18.2 Å². The Balaban J connectivity index is 1.98. The van der Waals surface area contributed by atoms with Crippen molar-refractivity contribution in [2.45, 2.75) is 18.9 Å². The highest BCUT2D eigenvalue weighted by Gasteiger charge is 2.17. The predicted octanol–water partition coefficient (Wildman–Crippen LogP) is 0.276. The van der Waals surface area contributed by atoms with E-state index in [1.165, 1.54) is 0 Å². The molecule has 1 aromatic rings. The number of nitrogen functional groups attached to an aromatic ring is 1. The maximum atomic E-state index is 11.9. The summed E-state index contributed by atoms with van der Waals surface area (Å²) in [5.74, 6) is 5.51. The van der Waals surface area contributed by atoms with Gasteiger partial charge in [0.1, 0.15) is 11.5 Å². The fourth-order valence-electron chi connectivity index (χ4n) is 1.76. The SMILES string of the molecule is NNc1cccc(C(=O)NC2CCCOC2)n1. The molecule has 1 aromatic heterocycles. The quantitative estimate of drug-likeness (QED) is 0.518. The number of aromatic nitrogens is 1. The van der Waals surface area contributed by atoms with E-state index in [2.05, 4.69) is 15.7 Å². The zero-order chi connectivity index (χ0) is 12.1. The number of ether oxygens (including phenoxy) is 1. The van der Waals surface area contributed by atoms with Crippen LogP contribution in [0.25, 0.3) is 0 Å². The third-order valence-corrected chi connectivity index (χ3v) is 2.63. The van der Waals surface area contributed by atoms with Crippen LogP contribution in [0, 0.1) is 0 Å². The molecule has 0 bridgehead atoms. The molecule has 1 atom stereocenters. The molecular formula is C11H16N4O2. The number of pyridine rings is 1. The van der Waals surface area contributed by atoms with Crippen LogP contribution >= 0.6 is 0 Å². The summed E-state index contributed by atoms with van der Waals surface area (Å²) in [6.45, 7) is 1.35. The lowest BCUT2D eigenvalue weighted by Crippen LogP contribution is -2.40. The largest absolute Gasteiger partial charge is 0.379 e. The lowest BCUT2D eigenvalue weighted by atomic mass is 10.1. The fourth-order valence-corrected chi connectivity index (χ4v) is 1.76. The number of amides is 1. The molecule has 0 radical (unpaired) electrons. The summed E-state index contributed by atoms with van der Waals surface area (Å²) >= 11 is 0. The summed E-state index contributed by atoms with van der Waals surface area (Å²) in [5.41, 5.74) is 2.76. The summed E-state index contributed by atoms with van der Waals surface area (Å²) in [7, 11) is 0. The van der Waals surface area contributed by atoms with Gasteiger partial charge in [-0.1, -0.05) is 6.07 Å². The molecule has 1 amide bonds. The molecule has 1 aliphatic rings. The molecule has 6 nitrogen and oxygen atoms in total. The molecule has 1 saturated heterocycles. The van der Waals surface area contributed by atoms with Gasteiger partial charge in [0.05, 0.1) is 12.6 Å². The van der Waals surface area contributed by atoms with Gasteiger partial charge in [-0.2, -0.15) is 0 Å². The molecule has 0 saturated carbocycles. The number of nitrogens with two attached hydrogens (primary N) is 1. The van der Waals surface area contributed by atoms with Crippen molar-refractivity contribution in [2.24, 2.45) is 5.84 Å². The van der Waals surface area contributed by atoms with Gasteiger partial charge in [-0.15, -0.1) is 0 Å². The Kier molecular flexibility index (Phi) is 3.89. The Morgan fingerprint density at radius 1 is 1.53 bits per heavy atom. The van der Waals surface area contributed by atoms with Crippen LogP contribution in [0.2, 0.25) is 0 Å². The van der Waals surface area contributed by atoms with Crippen molar-refractivity contribution >= 4 is 11.7 Å². The van der Waals surface area contributed by atoms with Gasteiger partial charge in [-0.05, 0) is 25.0 Å². The van der Waals surface area contributed by atoms with E-state index >= 15 is 0 Å². The number of anilines is 1. The highest BCUT2D eigenvalue weighted by atomic mass is 16.5. The Bertz CT molecular complexity index is 391. The van der Waals surface area contributed by atoms with Gasteiger partial charge in [-0.25, -0.2) is 10.8 Å². The van der Waals surface area contributed by atoms with E-state index in [9.17, 15) is 4.79 Å². The first-order valence-corrected chi connectivity index (χ1v) is 5.62. The minimum atomic E-state index is -0.197. The second kappa shape index (κ2) is 5.60. The molecule has 1 fully saturated rings. The zero-order valence-corrected chi connectivity index (χ0v) is 9.48. The standard InChI is InChI=1S/C11H16N4O2/c12-15-10-5-1-4-9(14-10)11(16)13-8-3-2-6-17-7-8/h1,4-5,8H,2-3,6-7,12H2,(H,13,16)(H,14,15). The Labute approximate surface area is 99.5 Å². The third kappa shape index (κ3) is 3.15. The van der Waals surface area contributed by atoms with E-state index in [1.807, 2.05) is 0 Å². The summed E-state index contributed by atoms with van der Waals surface area (Å²) in [6.07, 6.45) is 1.92. The Morgan fingerprint density at radius 2 is 2.41 bits per heavy atom. The molecule has 2 rings (SSSR count). The predicted molar refractivity (Wildman–Crippen MR) is 63.4 cm³/mol. The molecule has 6 heteroatoms. The smallest absolute Gasteiger partial charge is 0.270 e. The first-order chi connectivity index (χ1) is 8.29. The summed E-state index contributed by atoms with van der Waals surface area (Å²) in [5, 5.41) is 2.89. The second-order valence-corrected chi connectivity index (χ2v) is 3.94. The molecule has 17 heavy (non-hydrogen) atoms. The van der Waals surface area contributed by atoms with E-state index < -0.39 is 0 Å². The van der Waals surface area contributed by atoms with E-state index in [-0.39, 0.29) is 11.9 Å². The number of rotatable bonds is 3. The van der Waals surface area contributed by atoms with E-state index in [0.29, 0.717) is 18.1 Å². The molecular weight excluding hydrogens is 220 g/mol. The zero-order valence-electron chi connectivity index (χ0n) is 9.48. The summed E-state index contributed by atoms with van der Waals surface area (Å²) in [4.78, 5) is 16.0. The van der Waals surface area contributed by atoms with Gasteiger partial charge in [0.15, 0.2) is 0 Å². The van der Waals surface area contributed by atoms with Crippen LogP contribution < -0.4 is 16.6 Å². The van der Waals surface area contributed by atoms with Crippen molar-refractivity contribution in [3.63, 3.8) is 0 Å². The molecule has 0 aliphatic carbocycles. The normalized spacial score (nSPS) is 19.7. The van der Waals surface area contributed by atoms with Gasteiger partial charge in [0.25, 0.3) is 5.91 Å². The molecule has 92 valence electrons.